The number of nitrogens with zero attached hydrogens (tertiary/aromatic N) is 2. The zero-order valence-corrected chi connectivity index (χ0v) is 10.9. The van der Waals surface area contributed by atoms with Crippen LogP contribution in [-0.4, -0.2) is 21.0 Å². The first kappa shape index (κ1) is 12.7. The van der Waals surface area contributed by atoms with Gasteiger partial charge in [-0.3, -0.25) is 9.78 Å². The number of thiazole rings is 1. The summed E-state index contributed by atoms with van der Waals surface area (Å²) >= 11 is 1.54. The van der Waals surface area contributed by atoms with Crippen molar-refractivity contribution in [2.75, 3.05) is 0 Å². The van der Waals surface area contributed by atoms with Gasteiger partial charge in [0.2, 0.25) is 0 Å². The van der Waals surface area contributed by atoms with Crippen molar-refractivity contribution in [2.24, 2.45) is 0 Å². The number of carbonyl (C=O) groups is 1. The molecule has 0 unspecified atom stereocenters. The van der Waals surface area contributed by atoms with Crippen molar-refractivity contribution in [3.63, 3.8) is 0 Å². The lowest BCUT2D eigenvalue weighted by atomic mass is 10.2. The lowest BCUT2D eigenvalue weighted by Crippen LogP contribution is -1.98. The molecule has 0 atom stereocenters. The Morgan fingerprint density at radius 2 is 2.28 bits per heavy atom. The number of carboxylic acids is 1. The van der Waals surface area contributed by atoms with Crippen molar-refractivity contribution in [1.82, 2.24) is 9.97 Å². The predicted molar refractivity (Wildman–Crippen MR) is 70.7 cm³/mol. The largest absolute Gasteiger partial charge is 0.481 e. The normalized spacial score (nSPS) is 10.5. The molecule has 0 aliphatic carbocycles. The van der Waals surface area contributed by atoms with Crippen LogP contribution in [0, 0.1) is 0 Å². The summed E-state index contributed by atoms with van der Waals surface area (Å²) in [7, 11) is 0. The predicted octanol–water partition coefficient (Wildman–Crippen LogP) is 2.78. The fraction of sp³-hybridized carbons (Fsp3) is 0.308. The molecule has 5 heteroatoms. The van der Waals surface area contributed by atoms with Crippen LogP contribution in [-0.2, 0) is 17.6 Å². The molecule has 0 radical (unpaired) electrons. The smallest absolute Gasteiger partial charge is 0.303 e. The van der Waals surface area contributed by atoms with Gasteiger partial charge < -0.3 is 5.11 Å². The van der Waals surface area contributed by atoms with E-state index in [1.165, 1.54) is 0 Å². The molecular formula is C13H14N2O2S. The summed E-state index contributed by atoms with van der Waals surface area (Å²) < 4.78 is 0. The molecule has 1 N–H and O–H groups in total. The number of hydrogen-bond donors (Lipinski definition) is 1. The Morgan fingerprint density at radius 1 is 1.44 bits per heavy atom. The summed E-state index contributed by atoms with van der Waals surface area (Å²) in [6, 6.07) is 5.70. The fourth-order valence-corrected chi connectivity index (χ4v) is 2.80. The Hall–Kier alpha value is -1.75. The Balaban J connectivity index is 2.26. The highest BCUT2D eigenvalue weighted by Crippen LogP contribution is 2.27. The maximum absolute atomic E-state index is 10.6. The van der Waals surface area contributed by atoms with E-state index in [1.807, 2.05) is 25.1 Å². The van der Waals surface area contributed by atoms with Gasteiger partial charge in [-0.15, -0.1) is 11.3 Å². The number of hydrogen-bond acceptors (Lipinski definition) is 4. The first-order valence-corrected chi connectivity index (χ1v) is 6.64. The lowest BCUT2D eigenvalue weighted by Gasteiger charge is -1.95. The molecule has 4 nitrogen and oxygen atoms in total. The maximum atomic E-state index is 10.6. The molecule has 0 saturated carbocycles. The summed E-state index contributed by atoms with van der Waals surface area (Å²) in [5.74, 6) is -0.773. The van der Waals surface area contributed by atoms with Crippen LogP contribution in [0.25, 0.3) is 10.7 Å². The lowest BCUT2D eigenvalue weighted by molar-refractivity contribution is -0.136. The van der Waals surface area contributed by atoms with E-state index in [2.05, 4.69) is 9.97 Å². The highest BCUT2D eigenvalue weighted by Gasteiger charge is 2.12. The molecule has 0 aliphatic heterocycles. The van der Waals surface area contributed by atoms with Crippen molar-refractivity contribution in [3.8, 4) is 10.7 Å². The molecule has 18 heavy (non-hydrogen) atoms. The summed E-state index contributed by atoms with van der Waals surface area (Å²) in [6.45, 7) is 2.03. The van der Waals surface area contributed by atoms with E-state index in [4.69, 9.17) is 5.11 Å². The van der Waals surface area contributed by atoms with E-state index in [0.29, 0.717) is 6.42 Å². The third-order valence-electron chi connectivity index (χ3n) is 2.56. The minimum absolute atomic E-state index is 0.150. The van der Waals surface area contributed by atoms with Crippen LogP contribution >= 0.6 is 11.3 Å². The Kier molecular flexibility index (Phi) is 4.04. The Bertz CT molecular complexity index is 537. The number of rotatable bonds is 5. The second-order valence-corrected chi connectivity index (χ2v) is 4.93. The van der Waals surface area contributed by atoms with E-state index >= 15 is 0 Å². The number of aromatic nitrogens is 2. The van der Waals surface area contributed by atoms with Gasteiger partial charge >= 0.3 is 5.97 Å². The third-order valence-corrected chi connectivity index (χ3v) is 3.74. The van der Waals surface area contributed by atoms with E-state index in [0.717, 1.165) is 27.7 Å². The topological polar surface area (TPSA) is 63.1 Å². The molecule has 0 saturated heterocycles. The first-order valence-electron chi connectivity index (χ1n) is 5.82. The second-order valence-electron chi connectivity index (χ2n) is 3.85. The number of pyridine rings is 1. The monoisotopic (exact) mass is 262 g/mol. The van der Waals surface area contributed by atoms with Crippen molar-refractivity contribution < 1.29 is 9.90 Å². The molecule has 0 fully saturated rings. The second kappa shape index (κ2) is 5.73. The summed E-state index contributed by atoms with van der Waals surface area (Å²) in [5.41, 5.74) is 1.83. The highest BCUT2D eigenvalue weighted by atomic mass is 32.1. The van der Waals surface area contributed by atoms with Gasteiger partial charge in [-0.05, 0) is 25.0 Å². The first-order chi connectivity index (χ1) is 8.70. The quantitative estimate of drug-likeness (QED) is 0.900. The molecular weight excluding hydrogens is 248 g/mol. The number of carboxylic acid groups (broad SMARTS) is 1. The van der Waals surface area contributed by atoms with Crippen LogP contribution in [0.15, 0.2) is 24.4 Å². The highest BCUT2D eigenvalue weighted by molar-refractivity contribution is 7.15. The van der Waals surface area contributed by atoms with Gasteiger partial charge in [-0.2, -0.15) is 0 Å². The van der Waals surface area contributed by atoms with Crippen LogP contribution in [0.2, 0.25) is 0 Å². The molecule has 2 rings (SSSR count). The van der Waals surface area contributed by atoms with Crippen molar-refractivity contribution in [3.05, 3.63) is 35.0 Å². The Labute approximate surface area is 109 Å². The zero-order chi connectivity index (χ0) is 13.0. The number of aryl methyl sites for hydroxylation is 2. The summed E-state index contributed by atoms with van der Waals surface area (Å²) in [6.07, 6.45) is 3.25. The SMILES string of the molecule is CCc1nc(-c2ccccn2)sc1CCC(=O)O. The number of aliphatic carboxylic acids is 1. The average molecular weight is 262 g/mol. The fourth-order valence-electron chi connectivity index (χ4n) is 1.67. The molecule has 2 aromatic heterocycles. The third kappa shape index (κ3) is 2.92. The van der Waals surface area contributed by atoms with E-state index < -0.39 is 5.97 Å². The molecule has 0 aromatic carbocycles. The van der Waals surface area contributed by atoms with Crippen LogP contribution in [0.5, 0.6) is 0 Å². The standard InChI is InChI=1S/C13H14N2O2S/c1-2-9-11(6-7-12(16)17)18-13(15-9)10-5-3-4-8-14-10/h3-5,8H,2,6-7H2,1H3,(H,16,17). The van der Waals surface area contributed by atoms with Gasteiger partial charge in [-0.1, -0.05) is 13.0 Å². The molecule has 2 heterocycles. The van der Waals surface area contributed by atoms with E-state index in [-0.39, 0.29) is 6.42 Å². The Morgan fingerprint density at radius 3 is 2.89 bits per heavy atom. The molecule has 2 aromatic rings. The van der Waals surface area contributed by atoms with Crippen molar-refractivity contribution in [1.29, 1.82) is 0 Å². The molecule has 0 bridgehead atoms. The van der Waals surface area contributed by atoms with Gasteiger partial charge in [-0.25, -0.2) is 4.98 Å². The molecule has 0 spiro atoms. The van der Waals surface area contributed by atoms with Crippen LogP contribution in [0.4, 0.5) is 0 Å². The van der Waals surface area contributed by atoms with Gasteiger partial charge in [0.05, 0.1) is 17.8 Å². The molecule has 0 aliphatic rings. The minimum atomic E-state index is -0.773. The van der Waals surface area contributed by atoms with Gasteiger partial charge in [0.25, 0.3) is 0 Å². The maximum Gasteiger partial charge on any atom is 0.303 e. The van der Waals surface area contributed by atoms with Crippen molar-refractivity contribution >= 4 is 17.3 Å². The van der Waals surface area contributed by atoms with E-state index in [1.54, 1.807) is 17.5 Å². The molecule has 0 amide bonds. The van der Waals surface area contributed by atoms with Gasteiger partial charge in [0, 0.05) is 11.1 Å². The average Bonchev–Trinajstić information content (AvgIpc) is 2.80. The van der Waals surface area contributed by atoms with E-state index in [9.17, 15) is 4.79 Å². The zero-order valence-electron chi connectivity index (χ0n) is 10.1. The summed E-state index contributed by atoms with van der Waals surface area (Å²) in [5, 5.41) is 9.60. The van der Waals surface area contributed by atoms with Gasteiger partial charge in [0.1, 0.15) is 5.01 Å². The minimum Gasteiger partial charge on any atom is -0.481 e. The van der Waals surface area contributed by atoms with Gasteiger partial charge in [0.15, 0.2) is 0 Å². The van der Waals surface area contributed by atoms with Crippen molar-refractivity contribution in [2.45, 2.75) is 26.2 Å². The van der Waals surface area contributed by atoms with Crippen LogP contribution in [0.1, 0.15) is 23.9 Å². The summed E-state index contributed by atoms with van der Waals surface area (Å²) in [4.78, 5) is 20.5. The van der Waals surface area contributed by atoms with Crippen LogP contribution in [0.3, 0.4) is 0 Å². The van der Waals surface area contributed by atoms with Crippen LogP contribution < -0.4 is 0 Å². The molecule has 94 valence electrons.